The third kappa shape index (κ3) is 6.08. The third-order valence-electron chi connectivity index (χ3n) is 5.05. The zero-order valence-corrected chi connectivity index (χ0v) is 19.5. The number of nitrogens with zero attached hydrogens (tertiary/aromatic N) is 1. The van der Waals surface area contributed by atoms with Gasteiger partial charge in [0, 0.05) is 28.2 Å². The lowest BCUT2D eigenvalue weighted by Crippen LogP contribution is -2.44. The molecule has 1 N–H and O–H groups in total. The zero-order chi connectivity index (χ0) is 23.7. The molecule has 1 amide bonds. The Kier molecular flexibility index (Phi) is 7.66. The number of hydrogen-bond acceptors (Lipinski definition) is 3. The quantitative estimate of drug-likeness (QED) is 0.529. The highest BCUT2D eigenvalue weighted by atomic mass is 35.5. The minimum atomic E-state index is -4.71. The second kappa shape index (κ2) is 9.77. The molecular formula is C20H18Cl3F3N2O3S. The summed E-state index contributed by atoms with van der Waals surface area (Å²) in [6, 6.07) is 7.50. The molecule has 32 heavy (non-hydrogen) atoms. The predicted molar refractivity (Wildman–Crippen MR) is 118 cm³/mol. The summed E-state index contributed by atoms with van der Waals surface area (Å²) in [7, 11) is -3.82. The first-order valence-electron chi connectivity index (χ1n) is 9.46. The molecule has 174 valence electrons. The molecule has 0 radical (unpaired) electrons. The van der Waals surface area contributed by atoms with E-state index in [1.165, 1.54) is 24.3 Å². The normalized spacial score (nSPS) is 17.9. The van der Waals surface area contributed by atoms with E-state index >= 15 is 0 Å². The van der Waals surface area contributed by atoms with Crippen LogP contribution in [0, 0.1) is 5.92 Å². The topological polar surface area (TPSA) is 66.5 Å². The van der Waals surface area contributed by atoms with E-state index in [-0.39, 0.29) is 28.9 Å². The van der Waals surface area contributed by atoms with Crippen LogP contribution in [0.2, 0.25) is 15.1 Å². The lowest BCUT2D eigenvalue weighted by atomic mass is 9.98. The SMILES string of the molecule is O=C(Nc1ccc(Cl)cc1C(F)(F)F)[C@H]1CCCN(S(=O)(=O)Cc2ccc(Cl)cc2Cl)C1. The highest BCUT2D eigenvalue weighted by Crippen LogP contribution is 2.37. The first kappa shape index (κ1) is 25.1. The van der Waals surface area contributed by atoms with Gasteiger partial charge in [0.2, 0.25) is 15.9 Å². The Labute approximate surface area is 198 Å². The predicted octanol–water partition coefficient (Wildman–Crippen LogP) is 5.85. The number of anilines is 1. The smallest absolute Gasteiger partial charge is 0.325 e. The molecule has 3 rings (SSSR count). The third-order valence-corrected chi connectivity index (χ3v) is 7.66. The lowest BCUT2D eigenvalue weighted by molar-refractivity contribution is -0.137. The minimum absolute atomic E-state index is 0.119. The number of nitrogens with one attached hydrogen (secondary N) is 1. The van der Waals surface area contributed by atoms with Crippen molar-refractivity contribution >= 4 is 56.4 Å². The van der Waals surface area contributed by atoms with E-state index in [1.807, 2.05) is 0 Å². The number of carbonyl (C=O) groups is 1. The highest BCUT2D eigenvalue weighted by Gasteiger charge is 2.36. The molecule has 5 nitrogen and oxygen atoms in total. The van der Waals surface area contributed by atoms with Gasteiger partial charge in [-0.3, -0.25) is 4.79 Å². The Hall–Kier alpha value is -1.52. The Morgan fingerprint density at radius 3 is 2.41 bits per heavy atom. The molecule has 1 aliphatic heterocycles. The van der Waals surface area contributed by atoms with Gasteiger partial charge in [0.05, 0.1) is 22.9 Å². The molecule has 12 heteroatoms. The van der Waals surface area contributed by atoms with Crippen molar-refractivity contribution in [2.75, 3.05) is 18.4 Å². The maximum atomic E-state index is 13.3. The van der Waals surface area contributed by atoms with E-state index in [0.717, 1.165) is 16.4 Å². The van der Waals surface area contributed by atoms with Gasteiger partial charge in [-0.25, -0.2) is 12.7 Å². The Bertz CT molecular complexity index is 1130. The molecule has 0 aliphatic carbocycles. The number of piperidine rings is 1. The zero-order valence-electron chi connectivity index (χ0n) is 16.4. The maximum absolute atomic E-state index is 13.3. The number of halogens is 6. The first-order valence-corrected chi connectivity index (χ1v) is 12.2. The molecule has 1 atom stereocenters. The van der Waals surface area contributed by atoms with Gasteiger partial charge in [-0.05, 0) is 48.7 Å². The number of sulfonamides is 1. The Morgan fingerprint density at radius 1 is 1.09 bits per heavy atom. The van der Waals surface area contributed by atoms with Gasteiger partial charge in [-0.2, -0.15) is 13.2 Å². The van der Waals surface area contributed by atoms with E-state index in [4.69, 9.17) is 34.8 Å². The standard InChI is InChI=1S/C20H18Cl3F3N2O3S/c21-14-5-6-18(16(8-14)20(24,25)26)27-19(29)12-2-1-7-28(10-12)32(30,31)11-13-3-4-15(22)9-17(13)23/h3-6,8-9,12H,1-2,7,10-11H2,(H,27,29)/t12-/m0/s1. The van der Waals surface area contributed by atoms with E-state index in [1.54, 1.807) is 0 Å². The van der Waals surface area contributed by atoms with Crippen molar-refractivity contribution in [3.8, 4) is 0 Å². The van der Waals surface area contributed by atoms with E-state index < -0.39 is 39.3 Å². The summed E-state index contributed by atoms with van der Waals surface area (Å²) >= 11 is 17.6. The molecular weight excluding hydrogens is 512 g/mol. The fourth-order valence-corrected chi connectivity index (χ4v) is 5.80. The van der Waals surface area contributed by atoms with E-state index in [2.05, 4.69) is 5.32 Å². The summed E-state index contributed by atoms with van der Waals surface area (Å²) in [4.78, 5) is 12.7. The molecule has 2 aromatic rings. The summed E-state index contributed by atoms with van der Waals surface area (Å²) in [5.41, 5.74) is -1.14. The van der Waals surface area contributed by atoms with Crippen LogP contribution < -0.4 is 5.32 Å². The van der Waals surface area contributed by atoms with Crippen LogP contribution in [0.25, 0.3) is 0 Å². The molecule has 1 fully saturated rings. The maximum Gasteiger partial charge on any atom is 0.418 e. The van der Waals surface area contributed by atoms with Crippen LogP contribution in [-0.4, -0.2) is 31.7 Å². The summed E-state index contributed by atoms with van der Waals surface area (Å²) in [6.45, 7) is 0.0559. The lowest BCUT2D eigenvalue weighted by Gasteiger charge is -2.31. The average Bonchev–Trinajstić information content (AvgIpc) is 2.70. The fraction of sp³-hybridized carbons (Fsp3) is 0.350. The second-order valence-corrected chi connectivity index (χ2v) is 10.6. The first-order chi connectivity index (χ1) is 14.9. The summed E-state index contributed by atoms with van der Waals surface area (Å²) in [5, 5.41) is 2.73. The van der Waals surface area contributed by atoms with Crippen molar-refractivity contribution in [3.63, 3.8) is 0 Å². The largest absolute Gasteiger partial charge is 0.418 e. The fourth-order valence-electron chi connectivity index (χ4n) is 3.43. The second-order valence-electron chi connectivity index (χ2n) is 7.37. The molecule has 0 aromatic heterocycles. The van der Waals surface area contributed by atoms with Crippen LogP contribution in [0.1, 0.15) is 24.0 Å². The van der Waals surface area contributed by atoms with Crippen LogP contribution in [0.5, 0.6) is 0 Å². The molecule has 2 aromatic carbocycles. The molecule has 0 bridgehead atoms. The monoisotopic (exact) mass is 528 g/mol. The number of carbonyl (C=O) groups excluding carboxylic acids is 1. The number of hydrogen-bond donors (Lipinski definition) is 1. The molecule has 1 saturated heterocycles. The summed E-state index contributed by atoms with van der Waals surface area (Å²) < 4.78 is 66.8. The summed E-state index contributed by atoms with van der Waals surface area (Å²) in [5.74, 6) is -1.88. The van der Waals surface area contributed by atoms with Crippen molar-refractivity contribution in [2.24, 2.45) is 5.92 Å². The Balaban J connectivity index is 1.74. The van der Waals surface area contributed by atoms with Crippen LogP contribution in [0.15, 0.2) is 36.4 Å². The van der Waals surface area contributed by atoms with Crippen molar-refractivity contribution in [3.05, 3.63) is 62.6 Å². The van der Waals surface area contributed by atoms with Gasteiger partial charge in [0.1, 0.15) is 0 Å². The van der Waals surface area contributed by atoms with Crippen molar-refractivity contribution < 1.29 is 26.4 Å². The van der Waals surface area contributed by atoms with Crippen LogP contribution in [0.4, 0.5) is 18.9 Å². The molecule has 0 saturated carbocycles. The van der Waals surface area contributed by atoms with E-state index in [9.17, 15) is 26.4 Å². The minimum Gasteiger partial charge on any atom is -0.325 e. The van der Waals surface area contributed by atoms with Gasteiger partial charge >= 0.3 is 6.18 Å². The molecule has 0 spiro atoms. The van der Waals surface area contributed by atoms with Gasteiger partial charge in [-0.1, -0.05) is 40.9 Å². The number of benzene rings is 2. The molecule has 0 unspecified atom stereocenters. The summed E-state index contributed by atoms with van der Waals surface area (Å²) in [6.07, 6.45) is -3.99. The van der Waals surface area contributed by atoms with Gasteiger partial charge < -0.3 is 5.32 Å². The van der Waals surface area contributed by atoms with Crippen molar-refractivity contribution in [1.29, 1.82) is 0 Å². The molecule has 1 aliphatic rings. The molecule has 1 heterocycles. The van der Waals surface area contributed by atoms with Crippen molar-refractivity contribution in [1.82, 2.24) is 4.31 Å². The number of alkyl halides is 3. The van der Waals surface area contributed by atoms with E-state index in [0.29, 0.717) is 23.4 Å². The van der Waals surface area contributed by atoms with Crippen LogP contribution in [0.3, 0.4) is 0 Å². The average molecular weight is 530 g/mol. The number of amides is 1. The van der Waals surface area contributed by atoms with Gasteiger partial charge in [0.25, 0.3) is 0 Å². The van der Waals surface area contributed by atoms with Crippen LogP contribution >= 0.6 is 34.8 Å². The van der Waals surface area contributed by atoms with Gasteiger partial charge in [-0.15, -0.1) is 0 Å². The van der Waals surface area contributed by atoms with Crippen molar-refractivity contribution in [2.45, 2.75) is 24.8 Å². The highest BCUT2D eigenvalue weighted by molar-refractivity contribution is 7.88. The van der Waals surface area contributed by atoms with Gasteiger partial charge in [0.15, 0.2) is 0 Å². The van der Waals surface area contributed by atoms with Crippen LogP contribution in [-0.2, 0) is 26.7 Å². The number of rotatable bonds is 5. The Morgan fingerprint density at radius 2 is 1.75 bits per heavy atom.